The fourth-order valence-corrected chi connectivity index (χ4v) is 4.61. The van der Waals surface area contributed by atoms with Crippen LogP contribution in [-0.2, 0) is 4.79 Å². The first kappa shape index (κ1) is 27.8. The van der Waals surface area contributed by atoms with Crippen LogP contribution >= 0.6 is 0 Å². The Balaban J connectivity index is 1.56. The van der Waals surface area contributed by atoms with Gasteiger partial charge < -0.3 is 31.8 Å². The molecular weight excluding hydrogens is 532 g/mol. The van der Waals surface area contributed by atoms with E-state index in [2.05, 4.69) is 15.3 Å². The summed E-state index contributed by atoms with van der Waals surface area (Å²) >= 11 is 0. The number of carbonyl (C=O) groups excluding carboxylic acids is 2. The second kappa shape index (κ2) is 12.6. The molecule has 2 amide bonds. The molecule has 5 aromatic rings. The number of ether oxygens (including phenoxy) is 1. The Morgan fingerprint density at radius 1 is 0.929 bits per heavy atom. The van der Waals surface area contributed by atoms with Crippen molar-refractivity contribution >= 4 is 34.5 Å². The second-order valence-electron chi connectivity index (χ2n) is 9.51. The van der Waals surface area contributed by atoms with Gasteiger partial charge in [0.1, 0.15) is 23.4 Å². The van der Waals surface area contributed by atoms with Gasteiger partial charge in [0.2, 0.25) is 5.91 Å². The molecule has 0 fully saturated rings. The van der Waals surface area contributed by atoms with Crippen LogP contribution in [0.25, 0.3) is 22.4 Å². The van der Waals surface area contributed by atoms with E-state index >= 15 is 0 Å². The molecule has 0 saturated heterocycles. The summed E-state index contributed by atoms with van der Waals surface area (Å²) in [5, 5.41) is 2.83. The van der Waals surface area contributed by atoms with Crippen molar-refractivity contribution < 1.29 is 14.3 Å². The number of aliphatic imine (C=N–C) groups is 1. The van der Waals surface area contributed by atoms with Gasteiger partial charge in [0, 0.05) is 23.9 Å². The Hall–Kier alpha value is -5.71. The topological polar surface area (TPSA) is 177 Å². The highest BCUT2D eigenvalue weighted by Gasteiger charge is 2.25. The van der Waals surface area contributed by atoms with Crippen molar-refractivity contribution in [3.63, 3.8) is 0 Å². The zero-order chi connectivity index (χ0) is 29.5. The summed E-state index contributed by atoms with van der Waals surface area (Å²) in [6.45, 7) is 0.340. The first-order valence-corrected chi connectivity index (χ1v) is 13.3. The highest BCUT2D eigenvalue weighted by molar-refractivity contribution is 6.06. The molecule has 2 heterocycles. The normalized spacial score (nSPS) is 11.5. The molecule has 0 spiro atoms. The first-order valence-electron chi connectivity index (χ1n) is 13.3. The Morgan fingerprint density at radius 3 is 2.48 bits per heavy atom. The van der Waals surface area contributed by atoms with Crippen LogP contribution in [0.3, 0.4) is 0 Å². The fraction of sp³-hybridized carbons (Fsp3) is 0.129. The number of hydrogen-bond donors (Lipinski definition) is 4. The van der Waals surface area contributed by atoms with Gasteiger partial charge in [-0.15, -0.1) is 0 Å². The van der Waals surface area contributed by atoms with E-state index in [0.717, 1.165) is 0 Å². The van der Waals surface area contributed by atoms with Crippen LogP contribution in [0.2, 0.25) is 0 Å². The number of rotatable bonds is 11. The zero-order valence-corrected chi connectivity index (χ0v) is 22.7. The van der Waals surface area contributed by atoms with Crippen LogP contribution in [0.15, 0.2) is 102 Å². The molecule has 1 atom stereocenters. The summed E-state index contributed by atoms with van der Waals surface area (Å²) in [6, 6.07) is 24.7. The molecule has 2 aromatic heterocycles. The molecule has 0 saturated carbocycles. The van der Waals surface area contributed by atoms with Crippen molar-refractivity contribution in [2.45, 2.75) is 18.9 Å². The van der Waals surface area contributed by atoms with E-state index in [0.29, 0.717) is 64.6 Å². The Bertz CT molecular complexity index is 1730. The number of aromatic nitrogens is 3. The highest BCUT2D eigenvalue weighted by Crippen LogP contribution is 2.33. The predicted octanol–water partition coefficient (Wildman–Crippen LogP) is 4.22. The maximum absolute atomic E-state index is 13.0. The van der Waals surface area contributed by atoms with Crippen LogP contribution in [-0.4, -0.2) is 38.9 Å². The minimum Gasteiger partial charge on any atom is -0.457 e. The lowest BCUT2D eigenvalue weighted by Crippen LogP contribution is -2.27. The maximum atomic E-state index is 13.0. The van der Waals surface area contributed by atoms with Crippen LogP contribution in [0.1, 0.15) is 29.2 Å². The monoisotopic (exact) mass is 562 g/mol. The number of pyridine rings is 1. The average molecular weight is 563 g/mol. The van der Waals surface area contributed by atoms with E-state index in [1.807, 2.05) is 54.6 Å². The summed E-state index contributed by atoms with van der Waals surface area (Å²) in [5.74, 6) is 0.906. The molecule has 0 aliphatic heterocycles. The van der Waals surface area contributed by atoms with E-state index in [1.165, 1.54) is 0 Å². The van der Waals surface area contributed by atoms with Crippen LogP contribution in [0.4, 0.5) is 5.69 Å². The summed E-state index contributed by atoms with van der Waals surface area (Å²) in [7, 11) is 0. The fourth-order valence-electron chi connectivity index (χ4n) is 4.61. The number of fused-ring (bicyclic) bond motifs is 1. The first-order chi connectivity index (χ1) is 20.4. The van der Waals surface area contributed by atoms with Crippen LogP contribution < -0.4 is 27.3 Å². The van der Waals surface area contributed by atoms with Crippen molar-refractivity contribution in [2.75, 3.05) is 11.9 Å². The largest absolute Gasteiger partial charge is 0.457 e. The third kappa shape index (κ3) is 6.53. The number of para-hydroxylation sites is 1. The molecule has 212 valence electrons. The van der Waals surface area contributed by atoms with E-state index < -0.39 is 11.9 Å². The molecule has 42 heavy (non-hydrogen) atoms. The molecule has 11 nitrogen and oxygen atoms in total. The van der Waals surface area contributed by atoms with Gasteiger partial charge in [-0.25, -0.2) is 4.98 Å². The summed E-state index contributed by atoms with van der Waals surface area (Å²) in [4.78, 5) is 38.8. The molecular formula is C31H30N8O3. The van der Waals surface area contributed by atoms with Gasteiger partial charge in [0.15, 0.2) is 5.96 Å². The summed E-state index contributed by atoms with van der Waals surface area (Å²) in [6.07, 6.45) is 4.07. The molecule has 5 rings (SSSR count). The van der Waals surface area contributed by atoms with Crippen molar-refractivity contribution in [1.29, 1.82) is 0 Å². The van der Waals surface area contributed by atoms with Gasteiger partial charge >= 0.3 is 0 Å². The number of carbonyl (C=O) groups is 2. The van der Waals surface area contributed by atoms with Crippen molar-refractivity contribution in [3.8, 4) is 22.9 Å². The minimum absolute atomic E-state index is 0.0216. The number of benzene rings is 3. The highest BCUT2D eigenvalue weighted by atomic mass is 16.5. The van der Waals surface area contributed by atoms with E-state index in [1.54, 1.807) is 47.3 Å². The Labute approximate surface area is 242 Å². The quantitative estimate of drug-likeness (QED) is 0.106. The van der Waals surface area contributed by atoms with Crippen molar-refractivity contribution in [3.05, 3.63) is 103 Å². The number of imidazole rings is 1. The molecule has 3 aromatic carbocycles. The Kier molecular flexibility index (Phi) is 8.38. The number of nitrogens with two attached hydrogens (primary N) is 3. The maximum Gasteiger partial charge on any atom is 0.255 e. The predicted molar refractivity (Wildman–Crippen MR) is 162 cm³/mol. The second-order valence-corrected chi connectivity index (χ2v) is 9.51. The standard InChI is InChI=1S/C31H30N8O3/c32-28(40)27(12-6-16-36-31(33)34)39-26-14-13-21(30(41)37-22-8-5-15-35-19-22)18-25(26)38-29(39)20-7-4-11-24(17-20)42-23-9-2-1-3-10-23/h1-5,7-11,13-15,17-19,27H,6,12,16H2,(H2,32,40)(H,37,41)(H4,33,34,36)/t27-/m0/s1. The number of anilines is 1. The summed E-state index contributed by atoms with van der Waals surface area (Å²) in [5.41, 5.74) is 19.7. The van der Waals surface area contributed by atoms with Gasteiger partial charge in [-0.05, 0) is 67.4 Å². The van der Waals surface area contributed by atoms with E-state index in [-0.39, 0.29) is 11.9 Å². The summed E-state index contributed by atoms with van der Waals surface area (Å²) < 4.78 is 7.85. The van der Waals surface area contributed by atoms with Gasteiger partial charge in [0.25, 0.3) is 5.91 Å². The molecule has 7 N–H and O–H groups in total. The smallest absolute Gasteiger partial charge is 0.255 e. The van der Waals surface area contributed by atoms with Crippen molar-refractivity contribution in [1.82, 2.24) is 14.5 Å². The van der Waals surface area contributed by atoms with Gasteiger partial charge in [0.05, 0.1) is 22.9 Å². The lowest BCUT2D eigenvalue weighted by Gasteiger charge is -2.19. The van der Waals surface area contributed by atoms with Crippen LogP contribution in [0, 0.1) is 0 Å². The minimum atomic E-state index is -0.757. The Morgan fingerprint density at radius 2 is 1.74 bits per heavy atom. The zero-order valence-electron chi connectivity index (χ0n) is 22.7. The molecule has 0 radical (unpaired) electrons. The molecule has 0 aliphatic carbocycles. The van der Waals surface area contributed by atoms with Gasteiger partial charge in [-0.1, -0.05) is 30.3 Å². The van der Waals surface area contributed by atoms with Crippen molar-refractivity contribution in [2.24, 2.45) is 22.2 Å². The van der Waals surface area contributed by atoms with Gasteiger partial charge in [-0.2, -0.15) is 0 Å². The molecule has 11 heteroatoms. The number of nitrogens with one attached hydrogen (secondary N) is 1. The number of guanidine groups is 1. The number of nitrogens with zero attached hydrogens (tertiary/aromatic N) is 4. The number of hydrogen-bond acceptors (Lipinski definition) is 6. The molecule has 0 bridgehead atoms. The third-order valence-corrected chi connectivity index (χ3v) is 6.51. The molecule has 0 unspecified atom stereocenters. The number of amides is 2. The third-order valence-electron chi connectivity index (χ3n) is 6.51. The van der Waals surface area contributed by atoms with E-state index in [9.17, 15) is 9.59 Å². The lowest BCUT2D eigenvalue weighted by atomic mass is 10.1. The SMILES string of the molecule is NC(=O)[C@H](CCCN=C(N)N)n1c(-c2cccc(Oc3ccccc3)c2)nc2cc(C(=O)Nc3cccnc3)ccc21. The van der Waals surface area contributed by atoms with Crippen LogP contribution in [0.5, 0.6) is 11.5 Å². The van der Waals surface area contributed by atoms with E-state index in [4.69, 9.17) is 26.9 Å². The lowest BCUT2D eigenvalue weighted by molar-refractivity contribution is -0.121. The molecule has 0 aliphatic rings. The number of primary amides is 1. The van der Waals surface area contributed by atoms with Gasteiger partial charge in [-0.3, -0.25) is 19.6 Å². The average Bonchev–Trinajstić information content (AvgIpc) is 3.36.